The monoisotopic (exact) mass is 207 g/mol. The fourth-order valence-electron chi connectivity index (χ4n) is 1.54. The van der Waals surface area contributed by atoms with Crippen LogP contribution in [0.2, 0.25) is 0 Å². The number of guanidine groups is 1. The number of aliphatic imine (C=N–C) groups is 1. The zero-order valence-electron chi connectivity index (χ0n) is 8.12. The summed E-state index contributed by atoms with van der Waals surface area (Å²) < 4.78 is 13.0. The van der Waals surface area contributed by atoms with E-state index in [1.165, 1.54) is 18.2 Å². The average molecular weight is 207 g/mol. The van der Waals surface area contributed by atoms with E-state index in [0.29, 0.717) is 5.56 Å². The lowest BCUT2D eigenvalue weighted by Crippen LogP contribution is -2.37. The number of rotatable bonds is 1. The normalized spacial score (nSPS) is 24.9. The molecule has 1 unspecified atom stereocenters. The van der Waals surface area contributed by atoms with Gasteiger partial charge in [0.1, 0.15) is 5.82 Å². The molecule has 1 aliphatic rings. The van der Waals surface area contributed by atoms with Crippen molar-refractivity contribution in [3.8, 4) is 0 Å². The third-order valence-corrected chi connectivity index (χ3v) is 2.41. The summed E-state index contributed by atoms with van der Waals surface area (Å²) in [6.45, 7) is 1.59. The van der Waals surface area contributed by atoms with E-state index in [2.05, 4.69) is 10.3 Å². The first kappa shape index (κ1) is 9.64. The minimum atomic E-state index is -1.12. The lowest BCUT2D eigenvalue weighted by molar-refractivity contribution is -0.123. The summed E-state index contributed by atoms with van der Waals surface area (Å²) in [7, 11) is 0. The Balaban J connectivity index is 2.50. The van der Waals surface area contributed by atoms with Crippen LogP contribution in [0.15, 0.2) is 29.3 Å². The van der Waals surface area contributed by atoms with Gasteiger partial charge in [-0.05, 0) is 24.6 Å². The molecule has 0 saturated heterocycles. The third kappa shape index (κ3) is 1.45. The number of nitrogens with zero attached hydrogens (tertiary/aromatic N) is 1. The molecule has 78 valence electrons. The Hall–Kier alpha value is -1.91. The lowest BCUT2D eigenvalue weighted by atomic mass is 9.92. The van der Waals surface area contributed by atoms with Crippen LogP contribution >= 0.6 is 0 Å². The second kappa shape index (κ2) is 3.05. The number of hydrogen-bond donors (Lipinski definition) is 2. The van der Waals surface area contributed by atoms with Crippen molar-refractivity contribution in [2.24, 2.45) is 10.7 Å². The highest BCUT2D eigenvalue weighted by molar-refractivity contribution is 6.06. The number of nitrogens with one attached hydrogen (secondary N) is 1. The molecule has 1 amide bonds. The Labute approximate surface area is 86.0 Å². The van der Waals surface area contributed by atoms with E-state index in [1.807, 2.05) is 0 Å². The molecule has 1 aromatic carbocycles. The highest BCUT2D eigenvalue weighted by Gasteiger charge is 2.40. The van der Waals surface area contributed by atoms with Crippen LogP contribution in [0.4, 0.5) is 4.39 Å². The molecule has 0 fully saturated rings. The number of halogens is 1. The zero-order chi connectivity index (χ0) is 11.1. The summed E-state index contributed by atoms with van der Waals surface area (Å²) in [5.74, 6) is -0.681. The number of nitrogens with two attached hydrogens (primary N) is 1. The molecule has 1 aromatic rings. The fraction of sp³-hybridized carbons (Fsp3) is 0.200. The predicted molar refractivity (Wildman–Crippen MR) is 53.5 cm³/mol. The topological polar surface area (TPSA) is 67.5 Å². The third-order valence-electron chi connectivity index (χ3n) is 2.41. The van der Waals surface area contributed by atoms with Gasteiger partial charge >= 0.3 is 0 Å². The summed E-state index contributed by atoms with van der Waals surface area (Å²) in [6, 6.07) is 5.77. The molecule has 1 aliphatic heterocycles. The maximum absolute atomic E-state index is 13.0. The van der Waals surface area contributed by atoms with Gasteiger partial charge < -0.3 is 5.73 Å². The molecule has 0 spiro atoms. The maximum atomic E-state index is 13.0. The summed E-state index contributed by atoms with van der Waals surface area (Å²) in [5.41, 5.74) is 4.77. The van der Waals surface area contributed by atoms with Gasteiger partial charge in [0.15, 0.2) is 11.5 Å². The van der Waals surface area contributed by atoms with Gasteiger partial charge in [0, 0.05) is 0 Å². The average Bonchev–Trinajstić information content (AvgIpc) is 2.42. The Kier molecular flexibility index (Phi) is 1.96. The van der Waals surface area contributed by atoms with E-state index in [9.17, 15) is 9.18 Å². The number of carbonyl (C=O) groups excluding carboxylic acids is 1. The van der Waals surface area contributed by atoms with Gasteiger partial charge in [0.2, 0.25) is 0 Å². The van der Waals surface area contributed by atoms with Gasteiger partial charge in [-0.3, -0.25) is 10.1 Å². The van der Waals surface area contributed by atoms with E-state index in [4.69, 9.17) is 5.73 Å². The SMILES string of the molecule is CC1(c2cccc(F)c2)N=C(N)NC1=O. The van der Waals surface area contributed by atoms with Gasteiger partial charge in [-0.25, -0.2) is 9.38 Å². The van der Waals surface area contributed by atoms with Crippen LogP contribution < -0.4 is 11.1 Å². The molecular weight excluding hydrogens is 197 g/mol. The second-order valence-corrected chi connectivity index (χ2v) is 3.53. The van der Waals surface area contributed by atoms with Gasteiger partial charge in [-0.1, -0.05) is 12.1 Å². The Bertz CT molecular complexity index is 458. The summed E-state index contributed by atoms with van der Waals surface area (Å²) in [4.78, 5) is 15.6. The van der Waals surface area contributed by atoms with E-state index in [0.717, 1.165) is 0 Å². The zero-order valence-corrected chi connectivity index (χ0v) is 8.12. The van der Waals surface area contributed by atoms with Crippen LogP contribution in [-0.2, 0) is 10.3 Å². The number of carbonyl (C=O) groups is 1. The first-order valence-corrected chi connectivity index (χ1v) is 4.45. The van der Waals surface area contributed by atoms with E-state index < -0.39 is 11.4 Å². The summed E-state index contributed by atoms with van der Waals surface area (Å²) in [6.07, 6.45) is 0. The Morgan fingerprint density at radius 1 is 1.53 bits per heavy atom. The molecule has 5 heteroatoms. The van der Waals surface area contributed by atoms with Crippen LogP contribution in [0.5, 0.6) is 0 Å². The van der Waals surface area contributed by atoms with Crippen molar-refractivity contribution in [1.29, 1.82) is 0 Å². The van der Waals surface area contributed by atoms with Gasteiger partial charge in [0.05, 0.1) is 0 Å². The molecule has 1 atom stereocenters. The standard InChI is InChI=1S/C10H10FN3O/c1-10(8(15)13-9(12)14-10)6-3-2-4-7(11)5-6/h2-5H,1H3,(H3,12,13,14,15). The quantitative estimate of drug-likeness (QED) is 0.703. The molecule has 2 rings (SSSR count). The van der Waals surface area contributed by atoms with Crippen LogP contribution in [0, 0.1) is 5.82 Å². The van der Waals surface area contributed by atoms with Crippen molar-refractivity contribution >= 4 is 11.9 Å². The highest BCUT2D eigenvalue weighted by atomic mass is 19.1. The first-order chi connectivity index (χ1) is 7.02. The molecule has 0 aliphatic carbocycles. The molecule has 0 aromatic heterocycles. The first-order valence-electron chi connectivity index (χ1n) is 4.45. The number of hydrogen-bond acceptors (Lipinski definition) is 3. The van der Waals surface area contributed by atoms with E-state index in [1.54, 1.807) is 13.0 Å². The van der Waals surface area contributed by atoms with Crippen LogP contribution in [0.3, 0.4) is 0 Å². The van der Waals surface area contributed by atoms with Crippen LogP contribution in [-0.4, -0.2) is 11.9 Å². The van der Waals surface area contributed by atoms with Crippen molar-refractivity contribution in [2.75, 3.05) is 0 Å². The number of benzene rings is 1. The Morgan fingerprint density at radius 2 is 2.27 bits per heavy atom. The van der Waals surface area contributed by atoms with Crippen LogP contribution in [0.1, 0.15) is 12.5 Å². The second-order valence-electron chi connectivity index (χ2n) is 3.53. The number of amides is 1. The molecule has 4 nitrogen and oxygen atoms in total. The van der Waals surface area contributed by atoms with E-state index >= 15 is 0 Å². The van der Waals surface area contributed by atoms with Gasteiger partial charge in [0.25, 0.3) is 5.91 Å². The molecular formula is C10H10FN3O. The van der Waals surface area contributed by atoms with Gasteiger partial charge in [-0.15, -0.1) is 0 Å². The summed E-state index contributed by atoms with van der Waals surface area (Å²) in [5, 5.41) is 2.39. The van der Waals surface area contributed by atoms with Crippen molar-refractivity contribution < 1.29 is 9.18 Å². The molecule has 0 radical (unpaired) electrons. The Morgan fingerprint density at radius 3 is 2.80 bits per heavy atom. The highest BCUT2D eigenvalue weighted by Crippen LogP contribution is 2.28. The predicted octanol–water partition coefficient (Wildman–Crippen LogP) is 0.485. The van der Waals surface area contributed by atoms with E-state index in [-0.39, 0.29) is 11.9 Å². The largest absolute Gasteiger partial charge is 0.370 e. The minimum Gasteiger partial charge on any atom is -0.370 e. The van der Waals surface area contributed by atoms with Crippen molar-refractivity contribution in [2.45, 2.75) is 12.5 Å². The minimum absolute atomic E-state index is 0.0618. The summed E-state index contributed by atoms with van der Waals surface area (Å²) >= 11 is 0. The molecule has 3 N–H and O–H groups in total. The maximum Gasteiger partial charge on any atom is 0.259 e. The van der Waals surface area contributed by atoms with Gasteiger partial charge in [-0.2, -0.15) is 0 Å². The molecule has 0 saturated carbocycles. The molecule has 15 heavy (non-hydrogen) atoms. The van der Waals surface area contributed by atoms with Crippen molar-refractivity contribution in [3.63, 3.8) is 0 Å². The van der Waals surface area contributed by atoms with Crippen molar-refractivity contribution in [3.05, 3.63) is 35.6 Å². The smallest absolute Gasteiger partial charge is 0.259 e. The molecule has 1 heterocycles. The van der Waals surface area contributed by atoms with Crippen molar-refractivity contribution in [1.82, 2.24) is 5.32 Å². The fourth-order valence-corrected chi connectivity index (χ4v) is 1.54. The molecule has 0 bridgehead atoms. The lowest BCUT2D eigenvalue weighted by Gasteiger charge is -2.17. The van der Waals surface area contributed by atoms with Crippen LogP contribution in [0.25, 0.3) is 0 Å².